The van der Waals surface area contributed by atoms with Crippen LogP contribution in [0, 0.1) is 11.2 Å². The Morgan fingerprint density at radius 2 is 1.80 bits per heavy atom. The Bertz CT molecular complexity index is 2010. The second-order valence-corrected chi connectivity index (χ2v) is 12.4. The number of fused-ring (bicyclic) bond motifs is 2. The molecule has 0 aliphatic heterocycles. The minimum absolute atomic E-state index is 0.0768. The standard InChI is InChI=1S/C33H34FN9O2/c1-33(2,3)16-27(44)37-22-13-20(17-35-18-22)24-6-7-26-30(38-24)31(42-41-26)32-39-25-8-9-36-28(29(25)40-32)19-12-21(34)15-23(14-19)45-11-10-43(4)5/h6-9,12-15,17-18H,10-11,16H2,1-5H3,(H,37,44)(H,39,40)(H,41,42). The number of benzene rings is 1. The largest absolute Gasteiger partial charge is 0.492 e. The van der Waals surface area contributed by atoms with Crippen LogP contribution < -0.4 is 10.1 Å². The number of likely N-dealkylation sites (N-methyl/N-ethyl adjacent to an activating group) is 1. The molecule has 0 unspecified atom stereocenters. The van der Waals surface area contributed by atoms with Gasteiger partial charge in [-0.1, -0.05) is 20.8 Å². The van der Waals surface area contributed by atoms with Gasteiger partial charge in [0.1, 0.15) is 29.2 Å². The molecule has 0 fully saturated rings. The molecule has 0 aliphatic carbocycles. The summed E-state index contributed by atoms with van der Waals surface area (Å²) in [5.74, 6) is 0.399. The van der Waals surface area contributed by atoms with Crippen LogP contribution in [0.3, 0.4) is 0 Å². The number of pyridine rings is 3. The van der Waals surface area contributed by atoms with Crippen molar-refractivity contribution in [3.8, 4) is 39.8 Å². The first-order valence-electron chi connectivity index (χ1n) is 14.6. The number of nitrogens with zero attached hydrogens (tertiary/aromatic N) is 6. The highest BCUT2D eigenvalue weighted by Gasteiger charge is 2.19. The molecule has 12 heteroatoms. The van der Waals surface area contributed by atoms with Crippen molar-refractivity contribution < 1.29 is 13.9 Å². The lowest BCUT2D eigenvalue weighted by Gasteiger charge is -2.17. The number of aromatic nitrogens is 7. The smallest absolute Gasteiger partial charge is 0.224 e. The first kappa shape index (κ1) is 29.8. The fraction of sp³-hybridized carbons (Fsp3) is 0.273. The molecule has 11 nitrogen and oxygen atoms in total. The molecule has 1 aromatic carbocycles. The number of nitrogens with one attached hydrogen (secondary N) is 3. The van der Waals surface area contributed by atoms with E-state index in [1.807, 2.05) is 64.0 Å². The Balaban J connectivity index is 1.33. The SMILES string of the molecule is CN(C)CCOc1cc(F)cc(-c2nccc3[nH]c(-c4n[nH]c5ccc(-c6cncc(NC(=O)CC(C)(C)C)c6)nc45)nc23)c1. The maximum Gasteiger partial charge on any atom is 0.224 e. The highest BCUT2D eigenvalue weighted by atomic mass is 19.1. The van der Waals surface area contributed by atoms with Crippen LogP contribution in [0.5, 0.6) is 5.75 Å². The van der Waals surface area contributed by atoms with E-state index in [1.54, 1.807) is 24.7 Å². The summed E-state index contributed by atoms with van der Waals surface area (Å²) in [4.78, 5) is 36.4. The molecule has 0 spiro atoms. The van der Waals surface area contributed by atoms with Crippen LogP contribution in [0.2, 0.25) is 0 Å². The van der Waals surface area contributed by atoms with Crippen LogP contribution in [-0.4, -0.2) is 73.2 Å². The summed E-state index contributed by atoms with van der Waals surface area (Å²) in [7, 11) is 3.90. The van der Waals surface area contributed by atoms with Crippen molar-refractivity contribution in [1.82, 2.24) is 40.0 Å². The summed E-state index contributed by atoms with van der Waals surface area (Å²) in [5.41, 5.74) is 6.04. The predicted molar refractivity (Wildman–Crippen MR) is 172 cm³/mol. The monoisotopic (exact) mass is 607 g/mol. The van der Waals surface area contributed by atoms with Gasteiger partial charge in [0, 0.05) is 42.6 Å². The van der Waals surface area contributed by atoms with E-state index in [2.05, 4.69) is 30.5 Å². The second-order valence-electron chi connectivity index (χ2n) is 12.4. The van der Waals surface area contributed by atoms with Crippen molar-refractivity contribution in [3.05, 3.63) is 66.9 Å². The Morgan fingerprint density at radius 1 is 0.978 bits per heavy atom. The summed E-state index contributed by atoms with van der Waals surface area (Å²) in [6, 6.07) is 11.9. The molecule has 6 aromatic rings. The molecule has 0 saturated carbocycles. The molecule has 6 rings (SSSR count). The van der Waals surface area contributed by atoms with Gasteiger partial charge >= 0.3 is 0 Å². The van der Waals surface area contributed by atoms with Gasteiger partial charge in [0.2, 0.25) is 5.91 Å². The summed E-state index contributed by atoms with van der Waals surface area (Å²) in [6.07, 6.45) is 5.35. The minimum atomic E-state index is -0.427. The maximum absolute atomic E-state index is 14.6. The topological polar surface area (TPSA) is 138 Å². The number of halogens is 1. The predicted octanol–water partition coefficient (Wildman–Crippen LogP) is 6.08. The van der Waals surface area contributed by atoms with Gasteiger partial charge in [-0.15, -0.1) is 0 Å². The number of rotatable bonds is 9. The van der Waals surface area contributed by atoms with Crippen molar-refractivity contribution in [2.24, 2.45) is 5.41 Å². The number of imidazole rings is 1. The van der Waals surface area contributed by atoms with Gasteiger partial charge in [-0.2, -0.15) is 5.10 Å². The van der Waals surface area contributed by atoms with Crippen LogP contribution in [0.25, 0.3) is 56.1 Å². The molecular formula is C33H34FN9O2. The quantitative estimate of drug-likeness (QED) is 0.180. The molecule has 230 valence electrons. The van der Waals surface area contributed by atoms with Crippen LogP contribution in [0.15, 0.2) is 61.1 Å². The number of H-pyrrole nitrogens is 2. The Kier molecular flexibility index (Phi) is 7.98. The van der Waals surface area contributed by atoms with Gasteiger partial charge in [-0.3, -0.25) is 19.9 Å². The highest BCUT2D eigenvalue weighted by Crippen LogP contribution is 2.33. The van der Waals surface area contributed by atoms with E-state index in [-0.39, 0.29) is 11.3 Å². The Labute approximate surface area is 259 Å². The molecule has 0 aliphatic rings. The lowest BCUT2D eigenvalue weighted by Crippen LogP contribution is -2.19. The van der Waals surface area contributed by atoms with Crippen molar-refractivity contribution in [2.45, 2.75) is 27.2 Å². The molecule has 3 N–H and O–H groups in total. The van der Waals surface area contributed by atoms with Crippen LogP contribution >= 0.6 is 0 Å². The van der Waals surface area contributed by atoms with Gasteiger partial charge < -0.3 is 19.9 Å². The van der Waals surface area contributed by atoms with Crippen LogP contribution in [0.1, 0.15) is 27.2 Å². The number of carbonyl (C=O) groups is 1. The summed E-state index contributed by atoms with van der Waals surface area (Å²) >= 11 is 0. The van der Waals surface area contributed by atoms with Gasteiger partial charge in [-0.25, -0.2) is 14.4 Å². The van der Waals surface area contributed by atoms with Crippen LogP contribution in [0.4, 0.5) is 10.1 Å². The van der Waals surface area contributed by atoms with Gasteiger partial charge in [-0.05, 0) is 55.9 Å². The number of hydrogen-bond donors (Lipinski definition) is 3. The van der Waals surface area contributed by atoms with Crippen molar-refractivity contribution in [3.63, 3.8) is 0 Å². The van der Waals surface area contributed by atoms with Crippen molar-refractivity contribution >= 4 is 33.7 Å². The summed E-state index contributed by atoms with van der Waals surface area (Å²) < 4.78 is 20.4. The normalized spacial score (nSPS) is 11.9. The zero-order chi connectivity index (χ0) is 31.7. The molecule has 1 amide bonds. The maximum atomic E-state index is 14.6. The van der Waals surface area contributed by atoms with E-state index in [1.165, 1.54) is 12.1 Å². The third-order valence-corrected chi connectivity index (χ3v) is 6.99. The first-order chi connectivity index (χ1) is 21.5. The zero-order valence-corrected chi connectivity index (χ0v) is 25.8. The van der Waals surface area contributed by atoms with Crippen LogP contribution in [-0.2, 0) is 4.79 Å². The fourth-order valence-corrected chi connectivity index (χ4v) is 4.95. The molecule has 0 atom stereocenters. The van der Waals surface area contributed by atoms with E-state index in [0.29, 0.717) is 76.0 Å². The number of amides is 1. The van der Waals surface area contributed by atoms with Gasteiger partial charge in [0.25, 0.3) is 0 Å². The fourth-order valence-electron chi connectivity index (χ4n) is 4.95. The van der Waals surface area contributed by atoms with Gasteiger partial charge in [0.15, 0.2) is 11.5 Å². The number of ether oxygens (including phenoxy) is 1. The third kappa shape index (κ3) is 6.80. The lowest BCUT2D eigenvalue weighted by atomic mass is 9.92. The number of aromatic amines is 2. The minimum Gasteiger partial charge on any atom is -0.492 e. The first-order valence-corrected chi connectivity index (χ1v) is 14.6. The molecule has 5 heterocycles. The number of anilines is 1. The summed E-state index contributed by atoms with van der Waals surface area (Å²) in [6.45, 7) is 7.17. The van der Waals surface area contributed by atoms with E-state index in [4.69, 9.17) is 14.7 Å². The molecule has 45 heavy (non-hydrogen) atoms. The molecule has 0 radical (unpaired) electrons. The van der Waals surface area contributed by atoms with E-state index >= 15 is 0 Å². The van der Waals surface area contributed by atoms with E-state index in [0.717, 1.165) is 11.1 Å². The average molecular weight is 608 g/mol. The number of hydrogen-bond acceptors (Lipinski definition) is 8. The van der Waals surface area contributed by atoms with E-state index < -0.39 is 5.82 Å². The average Bonchev–Trinajstić information content (AvgIpc) is 3.59. The van der Waals surface area contributed by atoms with Crippen molar-refractivity contribution in [1.29, 1.82) is 0 Å². The molecule has 0 saturated heterocycles. The third-order valence-electron chi connectivity index (χ3n) is 6.99. The van der Waals surface area contributed by atoms with Crippen molar-refractivity contribution in [2.75, 3.05) is 32.6 Å². The Morgan fingerprint density at radius 3 is 2.60 bits per heavy atom. The molecule has 0 bridgehead atoms. The zero-order valence-electron chi connectivity index (χ0n) is 25.8. The van der Waals surface area contributed by atoms with E-state index in [9.17, 15) is 9.18 Å². The highest BCUT2D eigenvalue weighted by molar-refractivity contribution is 5.95. The lowest BCUT2D eigenvalue weighted by molar-refractivity contribution is -0.117. The second kappa shape index (κ2) is 12.0. The summed E-state index contributed by atoms with van der Waals surface area (Å²) in [5, 5.41) is 10.5. The molecular weight excluding hydrogens is 573 g/mol. The van der Waals surface area contributed by atoms with Gasteiger partial charge in [0.05, 0.1) is 34.3 Å². The Hall–Kier alpha value is -5.23. The molecule has 5 aromatic heterocycles. The number of carbonyl (C=O) groups excluding carboxylic acids is 1.